The molecule has 0 N–H and O–H groups in total. The minimum Gasteiger partial charge on any atom is -0.482 e. The van der Waals surface area contributed by atoms with Crippen LogP contribution >= 0.6 is 0 Å². The summed E-state index contributed by atoms with van der Waals surface area (Å²) in [6.07, 6.45) is 1.31. The molecule has 2 heterocycles. The molecule has 0 aromatic heterocycles. The second-order valence-electron chi connectivity index (χ2n) is 7.89. The van der Waals surface area contributed by atoms with E-state index in [0.717, 1.165) is 6.42 Å². The predicted molar refractivity (Wildman–Crippen MR) is 117 cm³/mol. The second kappa shape index (κ2) is 8.41. The van der Waals surface area contributed by atoms with E-state index in [1.807, 2.05) is 6.92 Å². The van der Waals surface area contributed by atoms with Crippen LogP contribution < -0.4 is 14.5 Å². The number of Topliss-reactive ketones (excluding diaryl/α,β-unsaturated/α-hetero) is 1. The number of hydrogen-bond acceptors (Lipinski definition) is 6. The Morgan fingerprint density at radius 2 is 1.91 bits per heavy atom. The molecule has 9 nitrogen and oxygen atoms in total. The number of aryl methyl sites for hydroxylation is 1. The quantitative estimate of drug-likeness (QED) is 0.390. The van der Waals surface area contributed by atoms with Gasteiger partial charge in [-0.3, -0.25) is 24.5 Å². The zero-order chi connectivity index (χ0) is 23.0. The molecule has 2 aliphatic heterocycles. The minimum absolute atomic E-state index is 0.0398. The summed E-state index contributed by atoms with van der Waals surface area (Å²) in [4.78, 5) is 52.0. The predicted octanol–water partition coefficient (Wildman–Crippen LogP) is 3.28. The number of benzene rings is 2. The maximum absolute atomic E-state index is 13.4. The van der Waals surface area contributed by atoms with Crippen LogP contribution in [0.5, 0.6) is 5.75 Å². The van der Waals surface area contributed by atoms with E-state index in [2.05, 4.69) is 0 Å². The maximum atomic E-state index is 13.4. The number of ketones is 1. The summed E-state index contributed by atoms with van der Waals surface area (Å²) in [5.41, 5.74) is 2.03. The van der Waals surface area contributed by atoms with Gasteiger partial charge in [0, 0.05) is 36.3 Å². The van der Waals surface area contributed by atoms with Crippen LogP contribution in [0.15, 0.2) is 36.4 Å². The molecule has 2 aromatic rings. The Bertz CT molecular complexity index is 1130. The number of hydrogen-bond donors (Lipinski definition) is 0. The van der Waals surface area contributed by atoms with Crippen LogP contribution in [-0.2, 0) is 16.0 Å². The third-order valence-electron chi connectivity index (χ3n) is 5.81. The molecule has 2 amide bonds. The van der Waals surface area contributed by atoms with Crippen molar-refractivity contribution >= 4 is 34.7 Å². The first-order valence-electron chi connectivity index (χ1n) is 10.5. The summed E-state index contributed by atoms with van der Waals surface area (Å²) < 4.78 is 5.50. The minimum atomic E-state index is -0.819. The summed E-state index contributed by atoms with van der Waals surface area (Å²) in [6.45, 7) is 4.08. The Balaban J connectivity index is 1.67. The highest BCUT2D eigenvalue weighted by molar-refractivity contribution is 6.10. The molecule has 0 aliphatic carbocycles. The van der Waals surface area contributed by atoms with Crippen LogP contribution in [-0.4, -0.2) is 41.7 Å². The monoisotopic (exact) mass is 437 g/mol. The van der Waals surface area contributed by atoms with Crippen LogP contribution in [0, 0.1) is 10.1 Å². The van der Waals surface area contributed by atoms with Crippen LogP contribution in [0.25, 0.3) is 0 Å². The molecule has 1 atom stereocenters. The molecule has 0 fully saturated rings. The highest BCUT2D eigenvalue weighted by Gasteiger charge is 2.34. The van der Waals surface area contributed by atoms with Gasteiger partial charge in [0.1, 0.15) is 5.75 Å². The lowest BCUT2D eigenvalue weighted by Crippen LogP contribution is -2.46. The van der Waals surface area contributed by atoms with Gasteiger partial charge in [0.2, 0.25) is 5.91 Å². The van der Waals surface area contributed by atoms with Gasteiger partial charge < -0.3 is 14.5 Å². The smallest absolute Gasteiger partial charge is 0.269 e. The van der Waals surface area contributed by atoms with Crippen molar-refractivity contribution in [2.75, 3.05) is 23.0 Å². The molecule has 0 saturated carbocycles. The average molecular weight is 437 g/mol. The van der Waals surface area contributed by atoms with E-state index in [0.29, 0.717) is 41.2 Å². The number of non-ortho nitro benzene ring substituents is 1. The summed E-state index contributed by atoms with van der Waals surface area (Å²) >= 11 is 0. The number of carbonyl (C=O) groups is 3. The van der Waals surface area contributed by atoms with Gasteiger partial charge in [0.25, 0.3) is 11.6 Å². The molecule has 0 saturated heterocycles. The lowest BCUT2D eigenvalue weighted by molar-refractivity contribution is -0.384. The zero-order valence-electron chi connectivity index (χ0n) is 17.9. The molecule has 1 unspecified atom stereocenters. The van der Waals surface area contributed by atoms with Crippen molar-refractivity contribution in [3.05, 3.63) is 57.6 Å². The fourth-order valence-electron chi connectivity index (χ4n) is 4.22. The van der Waals surface area contributed by atoms with Crippen molar-refractivity contribution in [2.45, 2.75) is 39.2 Å². The summed E-state index contributed by atoms with van der Waals surface area (Å²) in [6, 6.07) is 8.43. The number of nitrogens with zero attached hydrogens (tertiary/aromatic N) is 3. The number of anilines is 2. The molecule has 2 aromatic carbocycles. The van der Waals surface area contributed by atoms with E-state index in [1.54, 1.807) is 30.0 Å². The maximum Gasteiger partial charge on any atom is 0.269 e. The van der Waals surface area contributed by atoms with Gasteiger partial charge in [-0.2, -0.15) is 0 Å². The Hall–Kier alpha value is -3.75. The molecule has 0 bridgehead atoms. The van der Waals surface area contributed by atoms with Crippen LogP contribution in [0.4, 0.5) is 17.1 Å². The van der Waals surface area contributed by atoms with Gasteiger partial charge in [-0.25, -0.2) is 0 Å². The average Bonchev–Trinajstić information content (AvgIpc) is 2.79. The van der Waals surface area contributed by atoms with E-state index >= 15 is 0 Å². The van der Waals surface area contributed by atoms with Gasteiger partial charge in [-0.05, 0) is 49.6 Å². The number of rotatable bonds is 6. The first kappa shape index (κ1) is 21.5. The number of nitro benzene ring substituents is 1. The molecule has 32 heavy (non-hydrogen) atoms. The summed E-state index contributed by atoms with van der Waals surface area (Å²) in [7, 11) is 0. The SMILES string of the molecule is CCCN1C(=O)COc2ccc(C(=O)C(C)N3C(=O)CCc4cc([N+](=O)[O-])ccc43)cc21. The van der Waals surface area contributed by atoms with Crippen molar-refractivity contribution in [1.29, 1.82) is 0 Å². The summed E-state index contributed by atoms with van der Waals surface area (Å²) in [5, 5.41) is 11.1. The first-order valence-corrected chi connectivity index (χ1v) is 10.5. The standard InChI is InChI=1S/C23H23N3O6/c1-3-10-24-19-12-16(4-8-20(19)32-13-22(24)28)23(29)14(2)25-18-7-6-17(26(30)31)11-15(18)5-9-21(25)27/h4,6-8,11-12,14H,3,5,9-10,13H2,1-2H3. The molecule has 0 radical (unpaired) electrons. The molecular weight excluding hydrogens is 414 g/mol. The van der Waals surface area contributed by atoms with Crippen LogP contribution in [0.2, 0.25) is 0 Å². The normalized spacial score (nSPS) is 16.2. The molecule has 4 rings (SSSR count). The van der Waals surface area contributed by atoms with Crippen molar-refractivity contribution in [2.24, 2.45) is 0 Å². The molecule has 166 valence electrons. The molecule has 2 aliphatic rings. The fourth-order valence-corrected chi connectivity index (χ4v) is 4.22. The van der Waals surface area contributed by atoms with Crippen molar-refractivity contribution < 1.29 is 24.0 Å². The highest BCUT2D eigenvalue weighted by Crippen LogP contribution is 2.36. The number of amides is 2. The Morgan fingerprint density at radius 1 is 1.12 bits per heavy atom. The number of ether oxygens (including phenoxy) is 1. The molecule has 0 spiro atoms. The summed E-state index contributed by atoms with van der Waals surface area (Å²) in [5.74, 6) is -0.134. The van der Waals surface area contributed by atoms with Crippen molar-refractivity contribution in [3.8, 4) is 5.75 Å². The first-order chi connectivity index (χ1) is 15.3. The van der Waals surface area contributed by atoms with Gasteiger partial charge >= 0.3 is 0 Å². The van der Waals surface area contributed by atoms with Crippen LogP contribution in [0.3, 0.4) is 0 Å². The van der Waals surface area contributed by atoms with E-state index in [1.165, 1.54) is 23.1 Å². The third-order valence-corrected chi connectivity index (χ3v) is 5.81. The van der Waals surface area contributed by atoms with Gasteiger partial charge in [-0.1, -0.05) is 6.92 Å². The number of nitro groups is 1. The zero-order valence-corrected chi connectivity index (χ0v) is 17.9. The van der Waals surface area contributed by atoms with E-state index in [4.69, 9.17) is 4.74 Å². The number of fused-ring (bicyclic) bond motifs is 2. The van der Waals surface area contributed by atoms with E-state index < -0.39 is 11.0 Å². The lowest BCUT2D eigenvalue weighted by Gasteiger charge is -2.34. The van der Waals surface area contributed by atoms with E-state index in [-0.39, 0.29) is 36.3 Å². The van der Waals surface area contributed by atoms with Crippen molar-refractivity contribution in [3.63, 3.8) is 0 Å². The van der Waals surface area contributed by atoms with Crippen molar-refractivity contribution in [1.82, 2.24) is 0 Å². The highest BCUT2D eigenvalue weighted by atomic mass is 16.6. The van der Waals surface area contributed by atoms with Gasteiger partial charge in [0.05, 0.1) is 16.7 Å². The van der Waals surface area contributed by atoms with Gasteiger partial charge in [-0.15, -0.1) is 0 Å². The molecular formula is C23H23N3O6. The Kier molecular flexibility index (Phi) is 5.65. The largest absolute Gasteiger partial charge is 0.482 e. The fraction of sp³-hybridized carbons (Fsp3) is 0.348. The van der Waals surface area contributed by atoms with Crippen LogP contribution in [0.1, 0.15) is 42.6 Å². The number of carbonyl (C=O) groups excluding carboxylic acids is 3. The molecule has 9 heteroatoms. The third kappa shape index (κ3) is 3.70. The topological polar surface area (TPSA) is 110 Å². The lowest BCUT2D eigenvalue weighted by atomic mass is 9.96. The van der Waals surface area contributed by atoms with Gasteiger partial charge in [0.15, 0.2) is 12.4 Å². The van der Waals surface area contributed by atoms with E-state index in [9.17, 15) is 24.5 Å². The Morgan fingerprint density at radius 3 is 2.62 bits per heavy atom. The second-order valence-corrected chi connectivity index (χ2v) is 7.89. The Labute approximate surface area is 184 Å².